The van der Waals surface area contributed by atoms with Crippen molar-refractivity contribution in [2.45, 2.75) is 37.8 Å². The van der Waals surface area contributed by atoms with Crippen LogP contribution in [0, 0.1) is 0 Å². The van der Waals surface area contributed by atoms with Crippen molar-refractivity contribution in [3.8, 4) is 0 Å². The summed E-state index contributed by atoms with van der Waals surface area (Å²) in [7, 11) is 3.76. The molecule has 1 aliphatic heterocycles. The molecule has 0 aromatic carbocycles. The summed E-state index contributed by atoms with van der Waals surface area (Å²) in [6, 6.07) is 0.138. The molecule has 4 nitrogen and oxygen atoms in total. The highest BCUT2D eigenvalue weighted by Gasteiger charge is 2.31. The Hall–Kier alpha value is -0.870. The highest BCUT2D eigenvalue weighted by Crippen LogP contribution is 2.20. The van der Waals surface area contributed by atoms with E-state index in [-0.39, 0.29) is 18.1 Å². The van der Waals surface area contributed by atoms with Crippen LogP contribution in [0.25, 0.3) is 0 Å². The van der Waals surface area contributed by atoms with Gasteiger partial charge in [-0.1, -0.05) is 11.6 Å². The van der Waals surface area contributed by atoms with Crippen LogP contribution in [-0.2, 0) is 9.53 Å². The van der Waals surface area contributed by atoms with Crippen LogP contribution in [0.5, 0.6) is 0 Å². The van der Waals surface area contributed by atoms with Gasteiger partial charge in [-0.25, -0.2) is 0 Å². The molecule has 0 saturated carbocycles. The lowest BCUT2D eigenvalue weighted by atomic mass is 10.1. The molecule has 1 fully saturated rings. The van der Waals surface area contributed by atoms with Crippen LogP contribution >= 0.6 is 0 Å². The number of nitrogens with zero attached hydrogens (tertiary/aromatic N) is 1. The number of allylic oxidation sites excluding steroid dienone is 1. The summed E-state index contributed by atoms with van der Waals surface area (Å²) in [5, 5.41) is 3.09. The van der Waals surface area contributed by atoms with Crippen molar-refractivity contribution in [3.63, 3.8) is 0 Å². The lowest BCUT2D eigenvalue weighted by Gasteiger charge is -2.18. The second kappa shape index (κ2) is 5.65. The molecular weight excluding hydrogens is 216 g/mol. The van der Waals surface area contributed by atoms with Gasteiger partial charge in [0.1, 0.15) is 0 Å². The van der Waals surface area contributed by atoms with Gasteiger partial charge in [-0.05, 0) is 26.3 Å². The average molecular weight is 238 g/mol. The summed E-state index contributed by atoms with van der Waals surface area (Å²) >= 11 is 0. The van der Waals surface area contributed by atoms with Crippen LogP contribution in [0.4, 0.5) is 0 Å². The molecule has 17 heavy (non-hydrogen) atoms. The van der Waals surface area contributed by atoms with Gasteiger partial charge >= 0.3 is 0 Å². The summed E-state index contributed by atoms with van der Waals surface area (Å²) < 4.78 is 5.39. The van der Waals surface area contributed by atoms with Crippen LogP contribution in [0.15, 0.2) is 11.6 Å². The monoisotopic (exact) mass is 238 g/mol. The van der Waals surface area contributed by atoms with Gasteiger partial charge in [-0.2, -0.15) is 0 Å². The minimum atomic E-state index is 0.126. The van der Waals surface area contributed by atoms with E-state index >= 15 is 0 Å². The molecule has 96 valence electrons. The summed E-state index contributed by atoms with van der Waals surface area (Å²) in [5.41, 5.74) is 1.29. The Morgan fingerprint density at radius 3 is 3.06 bits per heavy atom. The third-order valence-electron chi connectivity index (χ3n) is 3.62. The first-order valence-corrected chi connectivity index (χ1v) is 6.37. The fraction of sp³-hybridized carbons (Fsp3) is 0.769. The van der Waals surface area contributed by atoms with Crippen molar-refractivity contribution in [2.75, 3.05) is 27.2 Å². The molecule has 2 aliphatic rings. The van der Waals surface area contributed by atoms with Crippen molar-refractivity contribution in [3.05, 3.63) is 11.6 Å². The molecule has 0 bridgehead atoms. The van der Waals surface area contributed by atoms with E-state index in [9.17, 15) is 4.79 Å². The largest absolute Gasteiger partial charge is 0.378 e. The van der Waals surface area contributed by atoms with E-state index in [0.29, 0.717) is 6.42 Å². The van der Waals surface area contributed by atoms with E-state index in [1.165, 1.54) is 12.0 Å². The highest BCUT2D eigenvalue weighted by atomic mass is 16.5. The number of likely N-dealkylation sites (N-methyl/N-ethyl adjacent to an activating group) is 1. The molecule has 1 aliphatic carbocycles. The van der Waals surface area contributed by atoms with Gasteiger partial charge in [0, 0.05) is 26.6 Å². The van der Waals surface area contributed by atoms with Crippen LogP contribution in [0.2, 0.25) is 0 Å². The molecule has 1 heterocycles. The Bertz CT molecular complexity index is 315. The van der Waals surface area contributed by atoms with E-state index in [2.05, 4.69) is 23.3 Å². The number of likely N-dealkylation sites (tertiary alicyclic amines) is 1. The van der Waals surface area contributed by atoms with E-state index in [4.69, 9.17) is 4.74 Å². The average Bonchev–Trinajstić information content (AvgIpc) is 2.88. The number of methoxy groups -OCH3 is 1. The highest BCUT2D eigenvalue weighted by molar-refractivity contribution is 5.79. The van der Waals surface area contributed by atoms with Crippen LogP contribution in [-0.4, -0.2) is 50.2 Å². The lowest BCUT2D eigenvalue weighted by Crippen LogP contribution is -2.43. The smallest absolute Gasteiger partial charge is 0.224 e. The quantitative estimate of drug-likeness (QED) is 0.741. The SMILES string of the molecule is CO[C@H]1CN(C)C[C@@H]1NC(=O)CC1=CCCC1. The first-order chi connectivity index (χ1) is 8.19. The second-order valence-electron chi connectivity index (χ2n) is 5.10. The summed E-state index contributed by atoms with van der Waals surface area (Å²) in [5.74, 6) is 0.139. The van der Waals surface area contributed by atoms with Gasteiger partial charge in [-0.15, -0.1) is 0 Å². The van der Waals surface area contributed by atoms with Crippen LogP contribution in [0.3, 0.4) is 0 Å². The van der Waals surface area contributed by atoms with Gasteiger partial charge in [0.15, 0.2) is 0 Å². The van der Waals surface area contributed by atoms with Gasteiger partial charge in [0.05, 0.1) is 12.1 Å². The van der Waals surface area contributed by atoms with E-state index in [1.807, 2.05) is 0 Å². The zero-order valence-electron chi connectivity index (χ0n) is 10.7. The third kappa shape index (κ3) is 3.30. The predicted molar refractivity (Wildman–Crippen MR) is 66.8 cm³/mol. The molecule has 1 N–H and O–H groups in total. The van der Waals surface area contributed by atoms with Crippen molar-refractivity contribution in [1.29, 1.82) is 0 Å². The predicted octanol–water partition coefficient (Wildman–Crippen LogP) is 0.932. The maximum atomic E-state index is 11.9. The van der Waals surface area contributed by atoms with Gasteiger partial charge < -0.3 is 15.0 Å². The number of amides is 1. The molecular formula is C13H22N2O2. The standard InChI is InChI=1S/C13H22N2O2/c1-15-8-11(12(9-15)17-2)14-13(16)7-10-5-3-4-6-10/h5,11-12H,3-4,6-9H2,1-2H3,(H,14,16)/t11-,12-/m0/s1. The summed E-state index contributed by atoms with van der Waals surface area (Å²) in [6.07, 6.45) is 6.32. The van der Waals surface area contributed by atoms with Crippen molar-refractivity contribution < 1.29 is 9.53 Å². The molecule has 4 heteroatoms. The lowest BCUT2D eigenvalue weighted by molar-refractivity contribution is -0.121. The number of hydrogen-bond donors (Lipinski definition) is 1. The Labute approximate surface area is 103 Å². The van der Waals surface area contributed by atoms with Crippen molar-refractivity contribution in [2.24, 2.45) is 0 Å². The molecule has 0 aromatic heterocycles. The zero-order chi connectivity index (χ0) is 12.3. The Morgan fingerprint density at radius 2 is 2.41 bits per heavy atom. The molecule has 0 aromatic rings. The normalized spacial score (nSPS) is 29.4. The molecule has 2 rings (SSSR count). The molecule has 0 radical (unpaired) electrons. The van der Waals surface area contributed by atoms with Crippen molar-refractivity contribution in [1.82, 2.24) is 10.2 Å². The van der Waals surface area contributed by atoms with E-state index < -0.39 is 0 Å². The van der Waals surface area contributed by atoms with E-state index in [1.54, 1.807) is 7.11 Å². The molecule has 1 saturated heterocycles. The fourth-order valence-corrected chi connectivity index (χ4v) is 2.70. The summed E-state index contributed by atoms with van der Waals surface area (Å²) in [6.45, 7) is 1.77. The third-order valence-corrected chi connectivity index (χ3v) is 3.62. The maximum Gasteiger partial charge on any atom is 0.224 e. The number of carbonyl (C=O) groups excluding carboxylic acids is 1. The molecule has 0 spiro atoms. The Morgan fingerprint density at radius 1 is 1.59 bits per heavy atom. The van der Waals surface area contributed by atoms with E-state index in [0.717, 1.165) is 25.9 Å². The topological polar surface area (TPSA) is 41.6 Å². The van der Waals surface area contributed by atoms with Crippen LogP contribution in [0.1, 0.15) is 25.7 Å². The van der Waals surface area contributed by atoms with Gasteiger partial charge in [0.2, 0.25) is 5.91 Å². The van der Waals surface area contributed by atoms with Gasteiger partial charge in [0.25, 0.3) is 0 Å². The fourth-order valence-electron chi connectivity index (χ4n) is 2.70. The first-order valence-electron chi connectivity index (χ1n) is 6.37. The zero-order valence-corrected chi connectivity index (χ0v) is 10.7. The Balaban J connectivity index is 1.81. The number of hydrogen-bond acceptors (Lipinski definition) is 3. The number of carbonyl (C=O) groups is 1. The molecule has 0 unspecified atom stereocenters. The number of ether oxygens (including phenoxy) is 1. The van der Waals surface area contributed by atoms with Crippen LogP contribution < -0.4 is 5.32 Å². The summed E-state index contributed by atoms with van der Waals surface area (Å²) in [4.78, 5) is 14.1. The second-order valence-corrected chi connectivity index (χ2v) is 5.10. The van der Waals surface area contributed by atoms with Crippen molar-refractivity contribution >= 4 is 5.91 Å². The number of nitrogens with one attached hydrogen (secondary N) is 1. The first kappa shape index (κ1) is 12.6. The van der Waals surface area contributed by atoms with Gasteiger partial charge in [-0.3, -0.25) is 4.79 Å². The molecule has 1 amide bonds. The Kier molecular flexibility index (Phi) is 4.18. The number of rotatable bonds is 4. The minimum absolute atomic E-state index is 0.126. The maximum absolute atomic E-state index is 11.9. The molecule has 2 atom stereocenters. The minimum Gasteiger partial charge on any atom is -0.378 e.